The number of hydrogen-bond donors (Lipinski definition) is 1. The van der Waals surface area contributed by atoms with E-state index in [0.717, 1.165) is 19.6 Å². The zero-order valence-corrected chi connectivity index (χ0v) is 12.2. The largest absolute Gasteiger partial charge is 0.468 e. The monoisotopic (exact) mass is 258 g/mol. The van der Waals surface area contributed by atoms with Gasteiger partial charge in [-0.25, -0.2) is 0 Å². The smallest absolute Gasteiger partial charge is 0.327 e. The number of carbonyl (C=O) groups is 1. The number of esters is 1. The van der Waals surface area contributed by atoms with Gasteiger partial charge in [-0.3, -0.25) is 9.69 Å². The van der Waals surface area contributed by atoms with Crippen molar-refractivity contribution in [2.45, 2.75) is 45.4 Å². The summed E-state index contributed by atoms with van der Waals surface area (Å²) in [6.45, 7) is 11.1. The van der Waals surface area contributed by atoms with Crippen LogP contribution in [0, 0.1) is 0 Å². The first-order valence-corrected chi connectivity index (χ1v) is 6.62. The van der Waals surface area contributed by atoms with E-state index in [2.05, 4.69) is 24.1 Å². The number of methoxy groups -OCH3 is 1. The van der Waals surface area contributed by atoms with Gasteiger partial charge in [-0.2, -0.15) is 0 Å². The van der Waals surface area contributed by atoms with Crippen LogP contribution in [0.3, 0.4) is 0 Å². The van der Waals surface area contributed by atoms with Crippen molar-refractivity contribution >= 4 is 5.97 Å². The third-order valence-corrected chi connectivity index (χ3v) is 3.24. The van der Waals surface area contributed by atoms with E-state index in [1.165, 1.54) is 7.11 Å². The molecule has 0 amide bonds. The van der Waals surface area contributed by atoms with Gasteiger partial charge in [0.1, 0.15) is 5.54 Å². The summed E-state index contributed by atoms with van der Waals surface area (Å²) >= 11 is 0. The Morgan fingerprint density at radius 3 is 2.44 bits per heavy atom. The maximum atomic E-state index is 11.9. The van der Waals surface area contributed by atoms with Crippen molar-refractivity contribution in [3.05, 3.63) is 0 Å². The highest BCUT2D eigenvalue weighted by Crippen LogP contribution is 2.15. The molecule has 5 heteroatoms. The fourth-order valence-corrected chi connectivity index (χ4v) is 2.67. The highest BCUT2D eigenvalue weighted by Gasteiger charge is 2.37. The molecule has 0 radical (unpaired) electrons. The summed E-state index contributed by atoms with van der Waals surface area (Å²) in [6, 6.07) is 0. The van der Waals surface area contributed by atoms with Gasteiger partial charge in [0.25, 0.3) is 0 Å². The van der Waals surface area contributed by atoms with Crippen molar-refractivity contribution in [3.63, 3.8) is 0 Å². The first-order valence-electron chi connectivity index (χ1n) is 6.62. The van der Waals surface area contributed by atoms with E-state index in [0.29, 0.717) is 6.54 Å². The third-order valence-electron chi connectivity index (χ3n) is 3.24. The molecule has 18 heavy (non-hydrogen) atoms. The lowest BCUT2D eigenvalue weighted by atomic mass is 10.0. The number of carbonyl (C=O) groups excluding carboxylic acids is 1. The van der Waals surface area contributed by atoms with Crippen LogP contribution in [-0.4, -0.2) is 61.9 Å². The molecule has 106 valence electrons. The second kappa shape index (κ2) is 6.50. The Kier molecular flexibility index (Phi) is 5.56. The van der Waals surface area contributed by atoms with E-state index in [9.17, 15) is 4.79 Å². The van der Waals surface area contributed by atoms with Gasteiger partial charge in [0, 0.05) is 19.6 Å². The zero-order chi connectivity index (χ0) is 13.8. The molecule has 1 N–H and O–H groups in total. The molecule has 0 saturated carbocycles. The van der Waals surface area contributed by atoms with E-state index in [1.54, 1.807) is 0 Å². The van der Waals surface area contributed by atoms with Crippen LogP contribution in [0.5, 0.6) is 0 Å². The molecule has 1 aliphatic heterocycles. The van der Waals surface area contributed by atoms with E-state index < -0.39 is 5.54 Å². The predicted molar refractivity (Wildman–Crippen MR) is 70.5 cm³/mol. The Morgan fingerprint density at radius 2 is 2.00 bits per heavy atom. The molecule has 0 aromatic rings. The van der Waals surface area contributed by atoms with Crippen LogP contribution >= 0.6 is 0 Å². The van der Waals surface area contributed by atoms with Crippen LogP contribution in [0.1, 0.15) is 27.7 Å². The van der Waals surface area contributed by atoms with E-state index in [-0.39, 0.29) is 18.2 Å². The molecule has 1 heterocycles. The Balaban J connectivity index is 2.68. The van der Waals surface area contributed by atoms with Crippen LogP contribution in [0.2, 0.25) is 0 Å². The Labute approximate surface area is 110 Å². The molecule has 3 atom stereocenters. The minimum atomic E-state index is -0.653. The van der Waals surface area contributed by atoms with E-state index in [1.807, 2.05) is 13.8 Å². The Morgan fingerprint density at radius 1 is 1.44 bits per heavy atom. The van der Waals surface area contributed by atoms with Gasteiger partial charge in [-0.05, 0) is 27.3 Å². The third kappa shape index (κ3) is 3.93. The minimum Gasteiger partial charge on any atom is -0.468 e. The van der Waals surface area contributed by atoms with Gasteiger partial charge >= 0.3 is 5.97 Å². The van der Waals surface area contributed by atoms with Crippen LogP contribution in [-0.2, 0) is 14.3 Å². The number of rotatable bonds is 5. The van der Waals surface area contributed by atoms with Gasteiger partial charge in [0.2, 0.25) is 0 Å². The molecule has 0 aromatic heterocycles. The maximum Gasteiger partial charge on any atom is 0.327 e. The van der Waals surface area contributed by atoms with Gasteiger partial charge in [0.15, 0.2) is 0 Å². The predicted octanol–water partition coefficient (Wildman–Crippen LogP) is 0.637. The van der Waals surface area contributed by atoms with Crippen LogP contribution < -0.4 is 5.32 Å². The number of nitrogens with zero attached hydrogens (tertiary/aromatic N) is 1. The normalized spacial score (nSPS) is 28.7. The van der Waals surface area contributed by atoms with Gasteiger partial charge < -0.3 is 14.8 Å². The highest BCUT2D eigenvalue weighted by atomic mass is 16.5. The summed E-state index contributed by atoms with van der Waals surface area (Å²) in [5.74, 6) is -0.212. The number of ether oxygens (including phenoxy) is 2. The molecule has 1 saturated heterocycles. The van der Waals surface area contributed by atoms with Gasteiger partial charge in [-0.15, -0.1) is 0 Å². The minimum absolute atomic E-state index is 0.206. The average Bonchev–Trinajstić information content (AvgIpc) is 2.26. The quantitative estimate of drug-likeness (QED) is 0.733. The maximum absolute atomic E-state index is 11.9. The van der Waals surface area contributed by atoms with Crippen molar-refractivity contribution in [1.29, 1.82) is 0 Å². The highest BCUT2D eigenvalue weighted by molar-refractivity contribution is 5.80. The topological polar surface area (TPSA) is 50.8 Å². The summed E-state index contributed by atoms with van der Waals surface area (Å²) in [5.41, 5.74) is -0.653. The molecule has 0 aliphatic carbocycles. The summed E-state index contributed by atoms with van der Waals surface area (Å²) in [6.07, 6.45) is 0.412. The lowest BCUT2D eigenvalue weighted by Crippen LogP contribution is -2.60. The molecule has 1 unspecified atom stereocenters. The van der Waals surface area contributed by atoms with E-state index >= 15 is 0 Å². The number of likely N-dealkylation sites (N-methyl/N-ethyl adjacent to an activating group) is 1. The lowest BCUT2D eigenvalue weighted by Gasteiger charge is -2.40. The van der Waals surface area contributed by atoms with Crippen molar-refractivity contribution in [2.24, 2.45) is 0 Å². The van der Waals surface area contributed by atoms with Gasteiger partial charge in [0.05, 0.1) is 19.3 Å². The second-order valence-corrected chi connectivity index (χ2v) is 5.31. The van der Waals surface area contributed by atoms with Crippen molar-refractivity contribution in [3.8, 4) is 0 Å². The molecule has 0 aromatic carbocycles. The van der Waals surface area contributed by atoms with Crippen LogP contribution in [0.25, 0.3) is 0 Å². The summed E-state index contributed by atoms with van der Waals surface area (Å²) < 4.78 is 10.6. The average molecular weight is 258 g/mol. The SMILES string of the molecule is CCNC(C)(CN1C[C@@H](C)O[C@@H](C)C1)C(=O)OC. The first kappa shape index (κ1) is 15.4. The first-order chi connectivity index (χ1) is 8.41. The van der Waals surface area contributed by atoms with Crippen molar-refractivity contribution in [2.75, 3.05) is 33.3 Å². The van der Waals surface area contributed by atoms with E-state index in [4.69, 9.17) is 9.47 Å². The molecule has 1 fully saturated rings. The van der Waals surface area contributed by atoms with Crippen LogP contribution in [0.4, 0.5) is 0 Å². The molecule has 0 bridgehead atoms. The molecule has 5 nitrogen and oxygen atoms in total. The van der Waals surface area contributed by atoms with Crippen molar-refractivity contribution in [1.82, 2.24) is 10.2 Å². The lowest BCUT2D eigenvalue weighted by molar-refractivity contribution is -0.150. The molecule has 1 aliphatic rings. The van der Waals surface area contributed by atoms with Crippen LogP contribution in [0.15, 0.2) is 0 Å². The molecule has 0 spiro atoms. The summed E-state index contributed by atoms with van der Waals surface area (Å²) in [4.78, 5) is 14.2. The number of morpholine rings is 1. The number of hydrogen-bond acceptors (Lipinski definition) is 5. The Hall–Kier alpha value is -0.650. The zero-order valence-electron chi connectivity index (χ0n) is 12.2. The summed E-state index contributed by atoms with van der Waals surface area (Å²) in [7, 11) is 1.43. The van der Waals surface area contributed by atoms with Crippen molar-refractivity contribution < 1.29 is 14.3 Å². The van der Waals surface area contributed by atoms with Gasteiger partial charge in [-0.1, -0.05) is 6.92 Å². The second-order valence-electron chi connectivity index (χ2n) is 5.31. The molecule has 1 rings (SSSR count). The number of nitrogens with one attached hydrogen (secondary N) is 1. The standard InChI is InChI=1S/C13H26N2O3/c1-6-14-13(4,12(16)17-5)9-15-7-10(2)18-11(3)8-15/h10-11,14H,6-9H2,1-5H3/t10-,11+,13?. The fourth-order valence-electron chi connectivity index (χ4n) is 2.67. The Bertz CT molecular complexity index is 275. The summed E-state index contributed by atoms with van der Waals surface area (Å²) in [5, 5.41) is 3.23. The molecular weight excluding hydrogens is 232 g/mol. The fraction of sp³-hybridized carbons (Fsp3) is 0.923. The molecular formula is C13H26N2O3.